The quantitative estimate of drug-likeness (QED) is 0.538. The van der Waals surface area contributed by atoms with E-state index >= 15 is 0 Å². The summed E-state index contributed by atoms with van der Waals surface area (Å²) in [6.45, 7) is 0.693. The molecule has 0 aromatic heterocycles. The fourth-order valence-electron chi connectivity index (χ4n) is 3.83. The molecule has 0 spiro atoms. The Kier molecular flexibility index (Phi) is 6.60. The summed E-state index contributed by atoms with van der Waals surface area (Å²) in [6, 6.07) is 6.30. The fraction of sp³-hybridized carbons (Fsp3) is 0.476. The number of hydrogen-bond donors (Lipinski definition) is 2. The monoisotopic (exact) mass is 396 g/mol. The molecule has 4 amide bonds. The molecule has 0 bridgehead atoms. The number of hydrogen-bond acceptors (Lipinski definition) is 5. The molecule has 1 aliphatic carbocycles. The molecule has 1 saturated carbocycles. The second kappa shape index (κ2) is 9.32. The average Bonchev–Trinajstić information content (AvgIpc) is 2.98. The molecule has 1 heterocycles. The van der Waals surface area contributed by atoms with Gasteiger partial charge < -0.3 is 10.6 Å². The first-order valence-electron chi connectivity index (χ1n) is 9.96. The van der Waals surface area contributed by atoms with E-state index in [2.05, 4.69) is 10.6 Å². The summed E-state index contributed by atoms with van der Waals surface area (Å²) in [5, 5.41) is 13.7. The molecular weight excluding hydrogens is 372 g/mol. The Balaban J connectivity index is 1.57. The first-order chi connectivity index (χ1) is 14.0. The number of carbonyl (C=O) groups excluding carboxylic acids is 4. The molecule has 1 aromatic carbocycles. The molecule has 8 heteroatoms. The van der Waals surface area contributed by atoms with E-state index in [-0.39, 0.29) is 41.7 Å². The Hall–Kier alpha value is -3.21. The maximum absolute atomic E-state index is 12.8. The van der Waals surface area contributed by atoms with Crippen LogP contribution >= 0.6 is 0 Å². The minimum atomic E-state index is -0.344. The second-order valence-corrected chi connectivity index (χ2v) is 7.33. The zero-order valence-electron chi connectivity index (χ0n) is 16.2. The van der Waals surface area contributed by atoms with Crippen molar-refractivity contribution in [1.29, 1.82) is 5.26 Å². The van der Waals surface area contributed by atoms with Crippen LogP contribution in [0.5, 0.6) is 0 Å². The van der Waals surface area contributed by atoms with Gasteiger partial charge in [0, 0.05) is 24.7 Å². The Morgan fingerprint density at radius 2 is 1.72 bits per heavy atom. The summed E-state index contributed by atoms with van der Waals surface area (Å²) in [6.07, 6.45) is 5.16. The number of amides is 4. The van der Waals surface area contributed by atoms with Crippen LogP contribution in [0.15, 0.2) is 18.2 Å². The average molecular weight is 396 g/mol. The van der Waals surface area contributed by atoms with Crippen LogP contribution in [0.25, 0.3) is 0 Å². The summed E-state index contributed by atoms with van der Waals surface area (Å²) < 4.78 is 0. The Bertz CT molecular complexity index is 868. The van der Waals surface area contributed by atoms with Crippen molar-refractivity contribution in [3.63, 3.8) is 0 Å². The van der Waals surface area contributed by atoms with Crippen LogP contribution in [-0.4, -0.2) is 47.7 Å². The van der Waals surface area contributed by atoms with Crippen molar-refractivity contribution in [1.82, 2.24) is 15.5 Å². The summed E-state index contributed by atoms with van der Waals surface area (Å²) in [5.74, 6) is -1.26. The lowest BCUT2D eigenvalue weighted by atomic mass is 9.94. The van der Waals surface area contributed by atoms with Gasteiger partial charge in [0.05, 0.1) is 17.2 Å². The number of nitrogens with one attached hydrogen (secondary N) is 2. The molecule has 0 unspecified atom stereocenters. The molecule has 152 valence electrons. The van der Waals surface area contributed by atoms with E-state index < -0.39 is 0 Å². The van der Waals surface area contributed by atoms with E-state index in [1.165, 1.54) is 11.0 Å². The highest BCUT2D eigenvalue weighted by Gasteiger charge is 2.40. The van der Waals surface area contributed by atoms with Crippen molar-refractivity contribution >= 4 is 23.6 Å². The highest BCUT2D eigenvalue weighted by Crippen LogP contribution is 2.31. The van der Waals surface area contributed by atoms with Crippen molar-refractivity contribution in [2.75, 3.05) is 13.1 Å². The molecular formula is C21H24N4O4. The number of fused-ring (bicyclic) bond motifs is 1. The number of rotatable bonds is 7. The van der Waals surface area contributed by atoms with E-state index in [1.54, 1.807) is 18.2 Å². The maximum Gasteiger partial charge on any atom is 0.261 e. The third-order valence-electron chi connectivity index (χ3n) is 5.32. The minimum absolute atomic E-state index is 0.0512. The molecule has 3 rings (SSSR count). The number of carbonyl (C=O) groups is 4. The van der Waals surface area contributed by atoms with E-state index in [0.717, 1.165) is 32.1 Å². The lowest BCUT2D eigenvalue weighted by molar-refractivity contribution is -0.120. The Labute approximate surface area is 169 Å². The van der Waals surface area contributed by atoms with E-state index in [4.69, 9.17) is 5.26 Å². The predicted octanol–water partition coefficient (Wildman–Crippen LogP) is 1.77. The van der Waals surface area contributed by atoms with Gasteiger partial charge in [0.2, 0.25) is 5.91 Å². The van der Waals surface area contributed by atoms with Gasteiger partial charge in [0.1, 0.15) is 6.42 Å². The summed E-state index contributed by atoms with van der Waals surface area (Å²) in [7, 11) is 0. The van der Waals surface area contributed by atoms with Crippen LogP contribution in [0.3, 0.4) is 0 Å². The van der Waals surface area contributed by atoms with Gasteiger partial charge in [0.15, 0.2) is 0 Å². The molecule has 2 aliphatic rings. The molecule has 0 saturated heterocycles. The summed E-state index contributed by atoms with van der Waals surface area (Å²) in [5.41, 5.74) is 0.971. The first kappa shape index (κ1) is 20.5. The maximum atomic E-state index is 12.8. The van der Waals surface area contributed by atoms with Crippen molar-refractivity contribution in [3.8, 4) is 6.07 Å². The van der Waals surface area contributed by atoms with E-state index in [1.807, 2.05) is 0 Å². The third kappa shape index (κ3) is 4.62. The normalized spacial score (nSPS) is 16.3. The Morgan fingerprint density at radius 3 is 2.45 bits per heavy atom. The lowest BCUT2D eigenvalue weighted by Gasteiger charge is -2.29. The van der Waals surface area contributed by atoms with Crippen molar-refractivity contribution < 1.29 is 19.2 Å². The first-order valence-corrected chi connectivity index (χ1v) is 9.96. The van der Waals surface area contributed by atoms with Gasteiger partial charge in [-0.1, -0.05) is 19.3 Å². The molecule has 29 heavy (non-hydrogen) atoms. The second-order valence-electron chi connectivity index (χ2n) is 7.33. The molecule has 1 aliphatic heterocycles. The number of benzene rings is 1. The van der Waals surface area contributed by atoms with Gasteiger partial charge in [-0.25, -0.2) is 0 Å². The van der Waals surface area contributed by atoms with E-state index in [0.29, 0.717) is 30.6 Å². The van der Waals surface area contributed by atoms with Crippen molar-refractivity contribution in [2.45, 2.75) is 51.0 Å². The van der Waals surface area contributed by atoms with Gasteiger partial charge in [-0.15, -0.1) is 0 Å². The standard InChI is InChI=1S/C21H24N4O4/c22-10-9-18(26)23-11-4-12-24-19(27)14-7-8-16-17(13-14)21(29)25(20(16)28)15-5-2-1-3-6-15/h7-8,13,15H,1-6,9,11-12H2,(H,23,26)(H,24,27). The molecule has 0 atom stereocenters. The smallest absolute Gasteiger partial charge is 0.261 e. The van der Waals surface area contributed by atoms with Gasteiger partial charge in [-0.2, -0.15) is 5.26 Å². The molecule has 0 radical (unpaired) electrons. The van der Waals surface area contributed by atoms with Crippen LogP contribution in [0.2, 0.25) is 0 Å². The fourth-order valence-corrected chi connectivity index (χ4v) is 3.83. The highest BCUT2D eigenvalue weighted by atomic mass is 16.2. The zero-order valence-corrected chi connectivity index (χ0v) is 16.2. The largest absolute Gasteiger partial charge is 0.355 e. The van der Waals surface area contributed by atoms with Gasteiger partial charge >= 0.3 is 0 Å². The van der Waals surface area contributed by atoms with Crippen molar-refractivity contribution in [2.24, 2.45) is 0 Å². The summed E-state index contributed by atoms with van der Waals surface area (Å²) in [4.78, 5) is 50.4. The third-order valence-corrected chi connectivity index (χ3v) is 5.32. The predicted molar refractivity (Wildman–Crippen MR) is 104 cm³/mol. The van der Waals surface area contributed by atoms with Crippen LogP contribution < -0.4 is 10.6 Å². The number of nitrogens with zero attached hydrogens (tertiary/aromatic N) is 2. The zero-order chi connectivity index (χ0) is 20.8. The molecule has 1 fully saturated rings. The molecule has 2 N–H and O–H groups in total. The van der Waals surface area contributed by atoms with E-state index in [9.17, 15) is 19.2 Å². The van der Waals surface area contributed by atoms with Crippen LogP contribution in [0.4, 0.5) is 0 Å². The van der Waals surface area contributed by atoms with Gasteiger partial charge in [-0.3, -0.25) is 24.1 Å². The highest BCUT2D eigenvalue weighted by molar-refractivity contribution is 6.22. The van der Waals surface area contributed by atoms with Crippen LogP contribution in [-0.2, 0) is 4.79 Å². The minimum Gasteiger partial charge on any atom is -0.355 e. The Morgan fingerprint density at radius 1 is 1.03 bits per heavy atom. The number of imide groups is 1. The topological polar surface area (TPSA) is 119 Å². The SMILES string of the molecule is N#CCC(=O)NCCCNC(=O)c1ccc2c(c1)C(=O)N(C1CCCCC1)C2=O. The molecule has 8 nitrogen and oxygen atoms in total. The lowest BCUT2D eigenvalue weighted by Crippen LogP contribution is -2.40. The van der Waals surface area contributed by atoms with Crippen LogP contribution in [0, 0.1) is 11.3 Å². The van der Waals surface area contributed by atoms with Gasteiger partial charge in [0.25, 0.3) is 17.7 Å². The van der Waals surface area contributed by atoms with Crippen LogP contribution in [0.1, 0.15) is 76.0 Å². The van der Waals surface area contributed by atoms with Crippen molar-refractivity contribution in [3.05, 3.63) is 34.9 Å². The molecule has 1 aromatic rings. The number of nitriles is 1. The summed E-state index contributed by atoms with van der Waals surface area (Å²) >= 11 is 0. The van der Waals surface area contributed by atoms with Gasteiger partial charge in [-0.05, 0) is 37.5 Å².